The van der Waals surface area contributed by atoms with Gasteiger partial charge in [0.25, 0.3) is 0 Å². The van der Waals surface area contributed by atoms with Crippen LogP contribution in [0.2, 0.25) is 0 Å². The van der Waals surface area contributed by atoms with Crippen LogP contribution in [0.5, 0.6) is 0 Å². The van der Waals surface area contributed by atoms with E-state index in [1.807, 2.05) is 0 Å². The molecule has 0 spiro atoms. The summed E-state index contributed by atoms with van der Waals surface area (Å²) in [6.07, 6.45) is 5.26. The summed E-state index contributed by atoms with van der Waals surface area (Å²) in [5.41, 5.74) is 0.335. The molecule has 0 saturated carbocycles. The molecule has 3 unspecified atom stereocenters. The van der Waals surface area contributed by atoms with E-state index in [1.165, 1.54) is 38.8 Å². The lowest BCUT2D eigenvalue weighted by molar-refractivity contribution is -0.0390. The SMILES string of the molecule is CC(C)CNCC1(CN2CCC(C)CC2C)CCCOC1. The van der Waals surface area contributed by atoms with Crippen LogP contribution in [0.3, 0.4) is 0 Å². The summed E-state index contributed by atoms with van der Waals surface area (Å²) in [7, 11) is 0. The van der Waals surface area contributed by atoms with Crippen molar-refractivity contribution in [3.8, 4) is 0 Å². The molecule has 3 nitrogen and oxygen atoms in total. The van der Waals surface area contributed by atoms with Gasteiger partial charge in [-0.2, -0.15) is 0 Å². The van der Waals surface area contributed by atoms with Crippen molar-refractivity contribution < 1.29 is 4.74 Å². The Hall–Kier alpha value is -0.120. The highest BCUT2D eigenvalue weighted by Gasteiger charge is 2.36. The third-order valence-electron chi connectivity index (χ3n) is 5.27. The molecule has 0 aromatic rings. The predicted molar refractivity (Wildman–Crippen MR) is 89.6 cm³/mol. The van der Waals surface area contributed by atoms with Crippen molar-refractivity contribution in [3.05, 3.63) is 0 Å². The molecule has 2 rings (SSSR count). The minimum atomic E-state index is 0.335. The van der Waals surface area contributed by atoms with E-state index in [-0.39, 0.29) is 0 Å². The minimum absolute atomic E-state index is 0.335. The summed E-state index contributed by atoms with van der Waals surface area (Å²) in [5.74, 6) is 1.62. The van der Waals surface area contributed by atoms with Crippen LogP contribution >= 0.6 is 0 Å². The van der Waals surface area contributed by atoms with Crippen LogP contribution in [-0.2, 0) is 4.74 Å². The summed E-state index contributed by atoms with van der Waals surface area (Å²) in [4.78, 5) is 2.73. The molecule has 2 heterocycles. The van der Waals surface area contributed by atoms with Gasteiger partial charge in [0.2, 0.25) is 0 Å². The highest BCUT2D eigenvalue weighted by atomic mass is 16.5. The van der Waals surface area contributed by atoms with Crippen LogP contribution in [0, 0.1) is 17.3 Å². The fourth-order valence-electron chi connectivity index (χ4n) is 3.98. The number of rotatable bonds is 6. The Labute approximate surface area is 131 Å². The number of likely N-dealkylation sites (tertiary alicyclic amines) is 1. The molecule has 3 atom stereocenters. The van der Waals surface area contributed by atoms with Crippen molar-refractivity contribution in [1.29, 1.82) is 0 Å². The quantitative estimate of drug-likeness (QED) is 0.815. The van der Waals surface area contributed by atoms with Gasteiger partial charge in [-0.3, -0.25) is 4.90 Å². The summed E-state index contributed by atoms with van der Waals surface area (Å²) >= 11 is 0. The molecule has 2 aliphatic heterocycles. The molecule has 0 aromatic carbocycles. The third kappa shape index (κ3) is 5.22. The Balaban J connectivity index is 1.92. The van der Waals surface area contributed by atoms with E-state index in [4.69, 9.17) is 4.74 Å². The normalized spacial score (nSPS) is 35.3. The average molecular weight is 296 g/mol. The molecule has 1 N–H and O–H groups in total. The zero-order valence-corrected chi connectivity index (χ0v) is 14.7. The lowest BCUT2D eigenvalue weighted by Crippen LogP contribution is -2.53. The topological polar surface area (TPSA) is 24.5 Å². The number of hydrogen-bond donors (Lipinski definition) is 1. The van der Waals surface area contributed by atoms with Gasteiger partial charge in [-0.25, -0.2) is 0 Å². The van der Waals surface area contributed by atoms with Gasteiger partial charge in [0, 0.05) is 31.2 Å². The molecule has 124 valence electrons. The summed E-state index contributed by atoms with van der Waals surface area (Å²) in [6, 6.07) is 0.734. The Bertz CT molecular complexity index is 300. The second kappa shape index (κ2) is 7.94. The molecule has 2 saturated heterocycles. The van der Waals surface area contributed by atoms with Gasteiger partial charge in [0.15, 0.2) is 0 Å². The molecular weight excluding hydrogens is 260 g/mol. The van der Waals surface area contributed by atoms with Crippen molar-refractivity contribution in [2.24, 2.45) is 17.3 Å². The molecule has 0 bridgehead atoms. The largest absolute Gasteiger partial charge is 0.381 e. The van der Waals surface area contributed by atoms with E-state index >= 15 is 0 Å². The van der Waals surface area contributed by atoms with Gasteiger partial charge >= 0.3 is 0 Å². The van der Waals surface area contributed by atoms with Gasteiger partial charge in [-0.05, 0) is 57.5 Å². The van der Waals surface area contributed by atoms with Gasteiger partial charge in [-0.1, -0.05) is 20.8 Å². The number of piperidine rings is 1. The Morgan fingerprint density at radius 3 is 2.76 bits per heavy atom. The molecular formula is C18H36N2O. The summed E-state index contributed by atoms with van der Waals surface area (Å²) in [5, 5.41) is 3.70. The van der Waals surface area contributed by atoms with E-state index in [9.17, 15) is 0 Å². The molecule has 0 aromatic heterocycles. The van der Waals surface area contributed by atoms with Crippen LogP contribution in [0.15, 0.2) is 0 Å². The maximum absolute atomic E-state index is 5.87. The first kappa shape index (κ1) is 17.2. The van der Waals surface area contributed by atoms with E-state index in [2.05, 4.69) is 37.9 Å². The van der Waals surface area contributed by atoms with Gasteiger partial charge < -0.3 is 10.1 Å². The lowest BCUT2D eigenvalue weighted by Gasteiger charge is -2.45. The van der Waals surface area contributed by atoms with Gasteiger partial charge in [0.05, 0.1) is 6.61 Å². The maximum atomic E-state index is 5.87. The number of nitrogens with one attached hydrogen (secondary N) is 1. The van der Waals surface area contributed by atoms with Crippen molar-refractivity contribution in [2.45, 2.75) is 59.4 Å². The fraction of sp³-hybridized carbons (Fsp3) is 1.00. The lowest BCUT2D eigenvalue weighted by atomic mass is 9.80. The predicted octanol–water partition coefficient (Wildman–Crippen LogP) is 3.15. The van der Waals surface area contributed by atoms with Gasteiger partial charge in [0.1, 0.15) is 0 Å². The van der Waals surface area contributed by atoms with Crippen LogP contribution in [0.1, 0.15) is 53.4 Å². The van der Waals surface area contributed by atoms with E-state index in [0.29, 0.717) is 5.41 Å². The van der Waals surface area contributed by atoms with Crippen LogP contribution in [0.4, 0.5) is 0 Å². The Morgan fingerprint density at radius 2 is 2.14 bits per heavy atom. The van der Waals surface area contributed by atoms with Crippen LogP contribution in [0.25, 0.3) is 0 Å². The van der Waals surface area contributed by atoms with Crippen LogP contribution < -0.4 is 5.32 Å². The van der Waals surface area contributed by atoms with E-state index in [1.54, 1.807) is 0 Å². The first-order chi connectivity index (χ1) is 10.0. The van der Waals surface area contributed by atoms with Crippen LogP contribution in [-0.4, -0.2) is 50.3 Å². The standard InChI is InChI=1S/C18H36N2O/c1-15(2)11-19-12-18(7-5-9-21-14-18)13-20-8-6-16(3)10-17(20)4/h15-17,19H,5-14H2,1-4H3. The number of hydrogen-bond acceptors (Lipinski definition) is 3. The molecule has 3 heteroatoms. The number of nitrogens with zero attached hydrogens (tertiary/aromatic N) is 1. The highest BCUT2D eigenvalue weighted by Crippen LogP contribution is 2.32. The van der Waals surface area contributed by atoms with E-state index < -0.39 is 0 Å². The highest BCUT2D eigenvalue weighted by molar-refractivity contribution is 4.90. The fourth-order valence-corrected chi connectivity index (χ4v) is 3.98. The van der Waals surface area contributed by atoms with Crippen molar-refractivity contribution in [3.63, 3.8) is 0 Å². The molecule has 0 radical (unpaired) electrons. The first-order valence-electron chi connectivity index (χ1n) is 9.03. The summed E-state index contributed by atoms with van der Waals surface area (Å²) in [6.45, 7) is 16.0. The maximum Gasteiger partial charge on any atom is 0.0546 e. The third-order valence-corrected chi connectivity index (χ3v) is 5.27. The van der Waals surface area contributed by atoms with Crippen molar-refractivity contribution >= 4 is 0 Å². The summed E-state index contributed by atoms with van der Waals surface area (Å²) < 4.78 is 5.87. The molecule has 0 amide bonds. The Morgan fingerprint density at radius 1 is 1.33 bits per heavy atom. The zero-order chi connectivity index (χ0) is 15.3. The average Bonchev–Trinajstić information content (AvgIpc) is 2.43. The van der Waals surface area contributed by atoms with Crippen molar-refractivity contribution in [1.82, 2.24) is 10.2 Å². The second-order valence-corrected chi connectivity index (χ2v) is 8.13. The molecule has 21 heavy (non-hydrogen) atoms. The number of ether oxygens (including phenoxy) is 1. The minimum Gasteiger partial charge on any atom is -0.381 e. The molecule has 2 aliphatic rings. The first-order valence-corrected chi connectivity index (χ1v) is 9.03. The van der Waals surface area contributed by atoms with Crippen molar-refractivity contribution in [2.75, 3.05) is 39.4 Å². The monoisotopic (exact) mass is 296 g/mol. The van der Waals surface area contributed by atoms with Gasteiger partial charge in [-0.15, -0.1) is 0 Å². The smallest absolute Gasteiger partial charge is 0.0546 e. The zero-order valence-electron chi connectivity index (χ0n) is 14.7. The second-order valence-electron chi connectivity index (χ2n) is 8.13. The molecule has 2 fully saturated rings. The van der Waals surface area contributed by atoms with E-state index in [0.717, 1.165) is 44.2 Å². The Kier molecular flexibility index (Phi) is 6.51. The molecule has 0 aliphatic carbocycles.